The Kier molecular flexibility index (Phi) is 3.00. The molecule has 0 amide bonds. The van der Waals surface area contributed by atoms with Gasteiger partial charge in [-0.1, -0.05) is 12.1 Å². The van der Waals surface area contributed by atoms with Gasteiger partial charge in [0.25, 0.3) is 0 Å². The number of hydrogen-bond donors (Lipinski definition) is 1. The van der Waals surface area contributed by atoms with Gasteiger partial charge in [0, 0.05) is 6.04 Å². The molecule has 1 aromatic rings. The van der Waals surface area contributed by atoms with E-state index in [1.165, 1.54) is 6.07 Å². The van der Waals surface area contributed by atoms with Crippen LogP contribution in [-0.2, 0) is 0 Å². The Labute approximate surface area is 88.5 Å². The molecule has 2 atom stereocenters. The summed E-state index contributed by atoms with van der Waals surface area (Å²) in [6.07, 6.45) is 2.87. The normalized spacial score (nSPS) is 25.8. The summed E-state index contributed by atoms with van der Waals surface area (Å²) in [5.74, 6) is -1.24. The van der Waals surface area contributed by atoms with Crippen molar-refractivity contribution in [1.29, 1.82) is 0 Å². The Hall–Kier alpha value is -0.960. The van der Waals surface area contributed by atoms with Crippen LogP contribution >= 0.6 is 0 Å². The molecule has 1 aliphatic rings. The minimum absolute atomic E-state index is 0.165. The van der Waals surface area contributed by atoms with Crippen LogP contribution in [0.5, 0.6) is 0 Å². The SMILES string of the molecule is CNC1CCC(c2cccc(F)c2F)C1. The number of benzene rings is 1. The van der Waals surface area contributed by atoms with Gasteiger partial charge in [-0.3, -0.25) is 0 Å². The smallest absolute Gasteiger partial charge is 0.162 e. The monoisotopic (exact) mass is 211 g/mol. The molecule has 1 fully saturated rings. The molecular weight excluding hydrogens is 196 g/mol. The van der Waals surface area contributed by atoms with Crippen LogP contribution in [0.3, 0.4) is 0 Å². The van der Waals surface area contributed by atoms with Gasteiger partial charge in [0.2, 0.25) is 0 Å². The minimum Gasteiger partial charge on any atom is -0.317 e. The fraction of sp³-hybridized carbons (Fsp3) is 0.500. The molecule has 0 saturated heterocycles. The summed E-state index contributed by atoms with van der Waals surface area (Å²) in [7, 11) is 1.91. The molecule has 0 aromatic heterocycles. The van der Waals surface area contributed by atoms with Gasteiger partial charge in [-0.25, -0.2) is 8.78 Å². The molecule has 0 heterocycles. The van der Waals surface area contributed by atoms with Gasteiger partial charge >= 0.3 is 0 Å². The van der Waals surface area contributed by atoms with Gasteiger partial charge in [0.1, 0.15) is 0 Å². The van der Waals surface area contributed by atoms with Gasteiger partial charge in [-0.15, -0.1) is 0 Å². The summed E-state index contributed by atoms with van der Waals surface area (Å²) in [4.78, 5) is 0. The highest BCUT2D eigenvalue weighted by Gasteiger charge is 2.27. The fourth-order valence-corrected chi connectivity index (χ4v) is 2.36. The molecule has 0 bridgehead atoms. The maximum absolute atomic E-state index is 13.5. The Bertz CT molecular complexity index is 351. The highest BCUT2D eigenvalue weighted by Crippen LogP contribution is 2.35. The summed E-state index contributed by atoms with van der Waals surface area (Å²) in [5.41, 5.74) is 0.535. The molecule has 2 unspecified atom stereocenters. The summed E-state index contributed by atoms with van der Waals surface area (Å²) in [6.45, 7) is 0. The van der Waals surface area contributed by atoms with E-state index in [-0.39, 0.29) is 5.92 Å². The molecule has 0 radical (unpaired) electrons. The van der Waals surface area contributed by atoms with Crippen LogP contribution in [0.15, 0.2) is 18.2 Å². The predicted molar refractivity (Wildman–Crippen MR) is 55.8 cm³/mol. The van der Waals surface area contributed by atoms with E-state index in [4.69, 9.17) is 0 Å². The average Bonchev–Trinajstić information content (AvgIpc) is 2.70. The first-order valence-corrected chi connectivity index (χ1v) is 5.33. The Morgan fingerprint density at radius 1 is 1.27 bits per heavy atom. The first-order valence-electron chi connectivity index (χ1n) is 5.33. The van der Waals surface area contributed by atoms with Crippen molar-refractivity contribution in [3.63, 3.8) is 0 Å². The minimum atomic E-state index is -0.736. The quantitative estimate of drug-likeness (QED) is 0.793. The van der Waals surface area contributed by atoms with Crippen LogP contribution in [0.25, 0.3) is 0 Å². The third-order valence-corrected chi connectivity index (χ3v) is 3.26. The van der Waals surface area contributed by atoms with Crippen molar-refractivity contribution < 1.29 is 8.78 Å². The second-order valence-electron chi connectivity index (χ2n) is 4.14. The van der Waals surface area contributed by atoms with E-state index >= 15 is 0 Å². The van der Waals surface area contributed by atoms with Crippen molar-refractivity contribution in [2.24, 2.45) is 0 Å². The van der Waals surface area contributed by atoms with Gasteiger partial charge in [-0.2, -0.15) is 0 Å². The zero-order chi connectivity index (χ0) is 10.8. The molecule has 1 N–H and O–H groups in total. The highest BCUT2D eigenvalue weighted by atomic mass is 19.2. The number of rotatable bonds is 2. The van der Waals surface area contributed by atoms with Gasteiger partial charge in [-0.05, 0) is 43.9 Å². The van der Waals surface area contributed by atoms with Crippen molar-refractivity contribution in [2.45, 2.75) is 31.2 Å². The van der Waals surface area contributed by atoms with Crippen LogP contribution < -0.4 is 5.32 Å². The van der Waals surface area contributed by atoms with Crippen molar-refractivity contribution >= 4 is 0 Å². The molecule has 15 heavy (non-hydrogen) atoms. The topological polar surface area (TPSA) is 12.0 Å². The highest BCUT2D eigenvalue weighted by molar-refractivity contribution is 5.24. The number of halogens is 2. The average molecular weight is 211 g/mol. The molecular formula is C12H15F2N. The van der Waals surface area contributed by atoms with E-state index in [2.05, 4.69) is 5.32 Å². The van der Waals surface area contributed by atoms with Crippen LogP contribution in [0.1, 0.15) is 30.7 Å². The van der Waals surface area contributed by atoms with Crippen molar-refractivity contribution in [2.75, 3.05) is 7.05 Å². The molecule has 1 aliphatic carbocycles. The second-order valence-corrected chi connectivity index (χ2v) is 4.14. The van der Waals surface area contributed by atoms with Crippen LogP contribution in [0.2, 0.25) is 0 Å². The lowest BCUT2D eigenvalue weighted by Gasteiger charge is -2.12. The van der Waals surface area contributed by atoms with Gasteiger partial charge in [0.15, 0.2) is 11.6 Å². The fourth-order valence-electron chi connectivity index (χ4n) is 2.36. The van der Waals surface area contributed by atoms with Crippen LogP contribution in [0, 0.1) is 11.6 Å². The van der Waals surface area contributed by atoms with E-state index in [0.29, 0.717) is 11.6 Å². The summed E-state index contributed by atoms with van der Waals surface area (Å²) >= 11 is 0. The zero-order valence-electron chi connectivity index (χ0n) is 8.76. The lowest BCUT2D eigenvalue weighted by Crippen LogP contribution is -2.21. The molecule has 2 rings (SSSR count). The zero-order valence-corrected chi connectivity index (χ0v) is 8.76. The molecule has 82 valence electrons. The van der Waals surface area contributed by atoms with E-state index in [1.807, 2.05) is 7.05 Å². The molecule has 1 aromatic carbocycles. The maximum Gasteiger partial charge on any atom is 0.162 e. The summed E-state index contributed by atoms with van der Waals surface area (Å²) in [6, 6.07) is 4.89. The number of hydrogen-bond acceptors (Lipinski definition) is 1. The largest absolute Gasteiger partial charge is 0.317 e. The predicted octanol–water partition coefficient (Wildman–Crippen LogP) is 2.82. The van der Waals surface area contributed by atoms with E-state index in [0.717, 1.165) is 19.3 Å². The van der Waals surface area contributed by atoms with Gasteiger partial charge in [0.05, 0.1) is 0 Å². The maximum atomic E-state index is 13.5. The van der Waals surface area contributed by atoms with Gasteiger partial charge < -0.3 is 5.32 Å². The standard InChI is InChI=1S/C12H15F2N/c1-15-9-6-5-8(7-9)10-3-2-4-11(13)12(10)14/h2-4,8-9,15H,5-7H2,1H3. The molecule has 0 aliphatic heterocycles. The third-order valence-electron chi connectivity index (χ3n) is 3.26. The number of nitrogens with one attached hydrogen (secondary N) is 1. The Morgan fingerprint density at radius 2 is 2.07 bits per heavy atom. The van der Waals surface area contributed by atoms with E-state index in [9.17, 15) is 8.78 Å². The molecule has 1 nitrogen and oxygen atoms in total. The Balaban J connectivity index is 2.20. The first-order chi connectivity index (χ1) is 7.22. The lowest BCUT2D eigenvalue weighted by atomic mass is 9.97. The molecule has 1 saturated carbocycles. The van der Waals surface area contributed by atoms with E-state index < -0.39 is 11.6 Å². The van der Waals surface area contributed by atoms with Crippen molar-refractivity contribution in [1.82, 2.24) is 5.32 Å². The third kappa shape index (κ3) is 2.02. The Morgan fingerprint density at radius 3 is 2.73 bits per heavy atom. The molecule has 3 heteroatoms. The summed E-state index contributed by atoms with van der Waals surface area (Å²) in [5, 5.41) is 3.18. The van der Waals surface area contributed by atoms with Crippen molar-refractivity contribution in [3.05, 3.63) is 35.4 Å². The molecule has 0 spiro atoms. The summed E-state index contributed by atoms with van der Waals surface area (Å²) < 4.78 is 26.5. The lowest BCUT2D eigenvalue weighted by molar-refractivity contribution is 0.485. The van der Waals surface area contributed by atoms with E-state index in [1.54, 1.807) is 12.1 Å². The van der Waals surface area contributed by atoms with Crippen LogP contribution in [-0.4, -0.2) is 13.1 Å². The first kappa shape index (κ1) is 10.6. The second kappa shape index (κ2) is 4.27. The van der Waals surface area contributed by atoms with Crippen LogP contribution in [0.4, 0.5) is 8.78 Å². The van der Waals surface area contributed by atoms with Crippen molar-refractivity contribution in [3.8, 4) is 0 Å².